The van der Waals surface area contributed by atoms with Gasteiger partial charge in [-0.1, -0.05) is 45.0 Å². The van der Waals surface area contributed by atoms with Gasteiger partial charge in [-0.25, -0.2) is 13.4 Å². The van der Waals surface area contributed by atoms with E-state index in [1.54, 1.807) is 19.9 Å². The van der Waals surface area contributed by atoms with Crippen LogP contribution in [0.25, 0.3) is 16.8 Å². The molecule has 0 aliphatic carbocycles. The average molecular weight is 441 g/mol. The number of hydrogen-bond donors (Lipinski definition) is 1. The molecule has 166 valence electrons. The largest absolute Gasteiger partial charge is 0.384 e. The Morgan fingerprint density at radius 3 is 2.19 bits per heavy atom. The fraction of sp³-hybridized carbons (Fsp3) is 0.400. The van der Waals surface area contributed by atoms with E-state index in [9.17, 15) is 13.5 Å². The molecule has 0 aliphatic heterocycles. The summed E-state index contributed by atoms with van der Waals surface area (Å²) in [5.41, 5.74) is 3.23. The average Bonchev–Trinajstić information content (AvgIpc) is 3.10. The molecule has 31 heavy (non-hydrogen) atoms. The highest BCUT2D eigenvalue weighted by Gasteiger charge is 2.22. The van der Waals surface area contributed by atoms with Crippen molar-refractivity contribution in [1.82, 2.24) is 9.55 Å². The molecular weight excluding hydrogens is 408 g/mol. The van der Waals surface area contributed by atoms with E-state index in [1.165, 1.54) is 6.26 Å². The number of nitrogens with zero attached hydrogens (tertiary/aromatic N) is 2. The number of sulfone groups is 1. The van der Waals surface area contributed by atoms with Gasteiger partial charge in [-0.15, -0.1) is 0 Å². The standard InChI is InChI=1S/C25H32N2O3S/c1-7-18-8-9-20(15-22(18)31(6,29)30)19-10-12-21(13-11-19)27-16-23(25(4,5)28)26-24(27)14-17(2)3/h8-13,15-17,28H,7,14H2,1-6H3. The number of hydrogen-bond acceptors (Lipinski definition) is 4. The van der Waals surface area contributed by atoms with Gasteiger partial charge in [0.1, 0.15) is 11.4 Å². The van der Waals surface area contributed by atoms with E-state index in [0.29, 0.717) is 22.9 Å². The molecule has 3 rings (SSSR count). The molecule has 0 saturated carbocycles. The zero-order chi connectivity index (χ0) is 23.0. The molecule has 0 fully saturated rings. The second-order valence-corrected chi connectivity index (χ2v) is 11.0. The first-order valence-electron chi connectivity index (χ1n) is 10.6. The highest BCUT2D eigenvalue weighted by atomic mass is 32.2. The van der Waals surface area contributed by atoms with E-state index in [0.717, 1.165) is 34.6 Å². The van der Waals surface area contributed by atoms with Crippen LogP contribution in [-0.2, 0) is 28.3 Å². The Balaban J connectivity index is 2.02. The Labute approximate surface area is 185 Å². The predicted octanol–water partition coefficient (Wildman–Crippen LogP) is 4.93. The van der Waals surface area contributed by atoms with Gasteiger partial charge in [-0.3, -0.25) is 0 Å². The second-order valence-electron chi connectivity index (χ2n) is 9.06. The van der Waals surface area contributed by atoms with E-state index in [-0.39, 0.29) is 0 Å². The molecule has 1 heterocycles. The van der Waals surface area contributed by atoms with Crippen LogP contribution in [0, 0.1) is 5.92 Å². The summed E-state index contributed by atoms with van der Waals surface area (Å²) >= 11 is 0. The summed E-state index contributed by atoms with van der Waals surface area (Å²) in [6.45, 7) is 9.72. The minimum absolute atomic E-state index is 0.389. The van der Waals surface area contributed by atoms with E-state index in [4.69, 9.17) is 0 Å². The first-order chi connectivity index (χ1) is 14.4. The monoisotopic (exact) mass is 440 g/mol. The van der Waals surface area contributed by atoms with Crippen molar-refractivity contribution < 1.29 is 13.5 Å². The van der Waals surface area contributed by atoms with Crippen molar-refractivity contribution in [1.29, 1.82) is 0 Å². The molecule has 2 aromatic carbocycles. The van der Waals surface area contributed by atoms with Crippen molar-refractivity contribution in [3.8, 4) is 16.8 Å². The quantitative estimate of drug-likeness (QED) is 0.565. The lowest BCUT2D eigenvalue weighted by Crippen LogP contribution is -2.16. The SMILES string of the molecule is CCc1ccc(-c2ccc(-n3cc(C(C)(C)O)nc3CC(C)C)cc2)cc1S(C)(=O)=O. The minimum atomic E-state index is -3.29. The number of rotatable bonds is 7. The van der Waals surface area contributed by atoms with Gasteiger partial charge in [-0.2, -0.15) is 0 Å². The van der Waals surface area contributed by atoms with Crippen LogP contribution in [0.2, 0.25) is 0 Å². The van der Waals surface area contributed by atoms with Crippen LogP contribution in [-0.4, -0.2) is 29.3 Å². The molecule has 0 aliphatic rings. The molecule has 0 radical (unpaired) electrons. The Morgan fingerprint density at radius 1 is 1.06 bits per heavy atom. The van der Waals surface area contributed by atoms with Gasteiger partial charge in [-0.05, 0) is 61.1 Å². The van der Waals surface area contributed by atoms with Crippen LogP contribution < -0.4 is 0 Å². The first-order valence-corrected chi connectivity index (χ1v) is 12.5. The molecule has 3 aromatic rings. The summed E-state index contributed by atoms with van der Waals surface area (Å²) in [7, 11) is -3.29. The maximum atomic E-state index is 12.2. The topological polar surface area (TPSA) is 72.2 Å². The van der Waals surface area contributed by atoms with Gasteiger partial charge in [0.25, 0.3) is 0 Å². The molecule has 0 saturated heterocycles. The van der Waals surface area contributed by atoms with E-state index < -0.39 is 15.4 Å². The highest BCUT2D eigenvalue weighted by Crippen LogP contribution is 2.28. The Morgan fingerprint density at radius 2 is 1.68 bits per heavy atom. The van der Waals surface area contributed by atoms with Crippen molar-refractivity contribution in [3.63, 3.8) is 0 Å². The van der Waals surface area contributed by atoms with Crippen molar-refractivity contribution in [2.75, 3.05) is 6.26 Å². The lowest BCUT2D eigenvalue weighted by Gasteiger charge is -2.13. The van der Waals surface area contributed by atoms with Gasteiger partial charge < -0.3 is 9.67 Å². The molecule has 6 heteroatoms. The molecule has 1 N–H and O–H groups in total. The molecule has 0 spiro atoms. The van der Waals surface area contributed by atoms with E-state index in [1.807, 2.05) is 54.1 Å². The molecule has 0 atom stereocenters. The maximum absolute atomic E-state index is 12.2. The van der Waals surface area contributed by atoms with E-state index >= 15 is 0 Å². The molecule has 5 nitrogen and oxygen atoms in total. The van der Waals surface area contributed by atoms with Crippen LogP contribution in [0.15, 0.2) is 53.6 Å². The first kappa shape index (κ1) is 23.2. The Kier molecular flexibility index (Phi) is 6.44. The lowest BCUT2D eigenvalue weighted by atomic mass is 10.0. The number of aromatic nitrogens is 2. The van der Waals surface area contributed by atoms with Gasteiger partial charge in [0.05, 0.1) is 10.6 Å². The van der Waals surface area contributed by atoms with E-state index in [2.05, 4.69) is 18.8 Å². The normalized spacial score (nSPS) is 12.5. The van der Waals surface area contributed by atoms with Crippen molar-refractivity contribution in [3.05, 3.63) is 65.7 Å². The Bertz CT molecular complexity index is 1170. The fourth-order valence-corrected chi connectivity index (χ4v) is 4.66. The summed E-state index contributed by atoms with van der Waals surface area (Å²) in [6, 6.07) is 13.6. The summed E-state index contributed by atoms with van der Waals surface area (Å²) in [6.07, 6.45) is 4.62. The molecule has 0 unspecified atom stereocenters. The number of aryl methyl sites for hydroxylation is 1. The predicted molar refractivity (Wildman–Crippen MR) is 125 cm³/mol. The number of benzene rings is 2. The van der Waals surface area contributed by atoms with Crippen molar-refractivity contribution >= 4 is 9.84 Å². The Hall–Kier alpha value is -2.44. The number of aliphatic hydroxyl groups is 1. The zero-order valence-electron chi connectivity index (χ0n) is 19.2. The van der Waals surface area contributed by atoms with Crippen LogP contribution in [0.3, 0.4) is 0 Å². The summed E-state index contributed by atoms with van der Waals surface area (Å²) in [4.78, 5) is 5.07. The fourth-order valence-electron chi connectivity index (χ4n) is 3.63. The third-order valence-electron chi connectivity index (χ3n) is 5.32. The third-order valence-corrected chi connectivity index (χ3v) is 6.50. The third kappa shape index (κ3) is 5.25. The molecule has 1 aromatic heterocycles. The zero-order valence-corrected chi connectivity index (χ0v) is 20.0. The van der Waals surface area contributed by atoms with Crippen molar-refractivity contribution in [2.24, 2.45) is 5.92 Å². The molecule has 0 amide bonds. The summed E-state index contributed by atoms with van der Waals surface area (Å²) in [5, 5.41) is 10.4. The molecule has 0 bridgehead atoms. The van der Waals surface area contributed by atoms with Crippen LogP contribution in [0.4, 0.5) is 0 Å². The van der Waals surface area contributed by atoms with Gasteiger partial charge in [0.2, 0.25) is 0 Å². The van der Waals surface area contributed by atoms with Gasteiger partial charge >= 0.3 is 0 Å². The molecular formula is C25H32N2O3S. The summed E-state index contributed by atoms with van der Waals surface area (Å²) < 4.78 is 26.5. The second kappa shape index (κ2) is 8.60. The minimum Gasteiger partial charge on any atom is -0.384 e. The lowest BCUT2D eigenvalue weighted by molar-refractivity contribution is 0.0741. The number of imidazole rings is 1. The maximum Gasteiger partial charge on any atom is 0.175 e. The van der Waals surface area contributed by atoms with Crippen LogP contribution in [0.1, 0.15) is 51.7 Å². The smallest absolute Gasteiger partial charge is 0.175 e. The van der Waals surface area contributed by atoms with Crippen molar-refractivity contribution in [2.45, 2.75) is 58.0 Å². The summed E-state index contributed by atoms with van der Waals surface area (Å²) in [5.74, 6) is 1.34. The van der Waals surface area contributed by atoms with Gasteiger partial charge in [0, 0.05) is 24.6 Å². The van der Waals surface area contributed by atoms with Crippen LogP contribution in [0.5, 0.6) is 0 Å². The van der Waals surface area contributed by atoms with Gasteiger partial charge in [0.15, 0.2) is 9.84 Å². The van der Waals surface area contributed by atoms with Crippen LogP contribution >= 0.6 is 0 Å². The highest BCUT2D eigenvalue weighted by molar-refractivity contribution is 7.90.